The first-order chi connectivity index (χ1) is 9.20. The molecule has 2 heterocycles. The van der Waals surface area contributed by atoms with E-state index >= 15 is 0 Å². The molecule has 2 atom stereocenters. The number of nitrogens with zero attached hydrogens (tertiary/aromatic N) is 3. The summed E-state index contributed by atoms with van der Waals surface area (Å²) in [6.45, 7) is 3.56. The van der Waals surface area contributed by atoms with Gasteiger partial charge in [-0.05, 0) is 25.3 Å². The van der Waals surface area contributed by atoms with E-state index in [1.165, 1.54) is 0 Å². The summed E-state index contributed by atoms with van der Waals surface area (Å²) in [6.07, 6.45) is 6.06. The van der Waals surface area contributed by atoms with Gasteiger partial charge in [0.05, 0.1) is 0 Å². The van der Waals surface area contributed by atoms with Crippen molar-refractivity contribution in [3.63, 3.8) is 0 Å². The number of hydrogen-bond donors (Lipinski definition) is 2. The van der Waals surface area contributed by atoms with Crippen LogP contribution in [0.3, 0.4) is 0 Å². The molecule has 0 aromatic carbocycles. The third-order valence-corrected chi connectivity index (χ3v) is 3.40. The Morgan fingerprint density at radius 2 is 2.32 bits per heavy atom. The Morgan fingerprint density at radius 1 is 1.58 bits per heavy atom. The number of rotatable bonds is 5. The molecule has 0 bridgehead atoms. The molecule has 0 aliphatic carbocycles. The first-order valence-electron chi connectivity index (χ1n) is 6.71. The molecule has 19 heavy (non-hydrogen) atoms. The molecule has 0 amide bonds. The fourth-order valence-electron chi connectivity index (χ4n) is 2.40. The van der Waals surface area contributed by atoms with Crippen LogP contribution in [0, 0.1) is 0 Å². The standard InChI is InChI=1S/C13H20N4O2/c1-2-11(12(18)19)16-10-5-3-8-17(9-10)13-14-6-4-7-15-13/h4,6-7,10-11,16H,2-3,5,8-9H2,1H3,(H,18,19). The molecule has 1 fully saturated rings. The van der Waals surface area contributed by atoms with Crippen LogP contribution in [-0.4, -0.2) is 46.2 Å². The van der Waals surface area contributed by atoms with E-state index in [0.29, 0.717) is 6.42 Å². The maximum Gasteiger partial charge on any atom is 0.320 e. The Hall–Kier alpha value is -1.69. The van der Waals surface area contributed by atoms with Crippen molar-refractivity contribution in [2.75, 3.05) is 18.0 Å². The number of nitrogens with one attached hydrogen (secondary N) is 1. The van der Waals surface area contributed by atoms with Crippen molar-refractivity contribution in [1.82, 2.24) is 15.3 Å². The van der Waals surface area contributed by atoms with Crippen LogP contribution in [0.5, 0.6) is 0 Å². The van der Waals surface area contributed by atoms with Gasteiger partial charge in [0, 0.05) is 31.5 Å². The Bertz CT molecular complexity index is 412. The van der Waals surface area contributed by atoms with Crippen LogP contribution in [0.25, 0.3) is 0 Å². The average molecular weight is 264 g/mol. The molecule has 1 aliphatic rings. The molecular weight excluding hydrogens is 244 g/mol. The Kier molecular flexibility index (Phi) is 4.68. The summed E-state index contributed by atoms with van der Waals surface area (Å²) < 4.78 is 0. The van der Waals surface area contributed by atoms with Crippen molar-refractivity contribution in [3.05, 3.63) is 18.5 Å². The van der Waals surface area contributed by atoms with E-state index in [-0.39, 0.29) is 6.04 Å². The van der Waals surface area contributed by atoms with Crippen molar-refractivity contribution < 1.29 is 9.90 Å². The first kappa shape index (κ1) is 13.7. The summed E-state index contributed by atoms with van der Waals surface area (Å²) in [5, 5.41) is 12.3. The molecule has 0 radical (unpaired) electrons. The molecule has 104 valence electrons. The lowest BCUT2D eigenvalue weighted by Gasteiger charge is -2.34. The van der Waals surface area contributed by atoms with Crippen molar-refractivity contribution in [2.45, 2.75) is 38.3 Å². The Morgan fingerprint density at radius 3 is 2.95 bits per heavy atom. The van der Waals surface area contributed by atoms with Crippen molar-refractivity contribution in [3.8, 4) is 0 Å². The highest BCUT2D eigenvalue weighted by Gasteiger charge is 2.25. The third-order valence-electron chi connectivity index (χ3n) is 3.40. The molecule has 1 aromatic heterocycles. The van der Waals surface area contributed by atoms with Crippen LogP contribution in [0.2, 0.25) is 0 Å². The van der Waals surface area contributed by atoms with Gasteiger partial charge in [0.25, 0.3) is 0 Å². The quantitative estimate of drug-likeness (QED) is 0.822. The van der Waals surface area contributed by atoms with Crippen LogP contribution >= 0.6 is 0 Å². The summed E-state index contributed by atoms with van der Waals surface area (Å²) >= 11 is 0. The Balaban J connectivity index is 1.96. The van der Waals surface area contributed by atoms with Gasteiger partial charge < -0.3 is 10.0 Å². The fourth-order valence-corrected chi connectivity index (χ4v) is 2.40. The number of carboxylic acid groups (broad SMARTS) is 1. The van der Waals surface area contributed by atoms with Crippen LogP contribution < -0.4 is 10.2 Å². The normalized spacial score (nSPS) is 21.1. The van der Waals surface area contributed by atoms with Gasteiger partial charge in [0.1, 0.15) is 6.04 Å². The van der Waals surface area contributed by atoms with Gasteiger partial charge in [0.15, 0.2) is 0 Å². The van der Waals surface area contributed by atoms with Crippen molar-refractivity contribution in [2.24, 2.45) is 0 Å². The van der Waals surface area contributed by atoms with E-state index in [2.05, 4.69) is 20.2 Å². The van der Waals surface area contributed by atoms with E-state index in [1.54, 1.807) is 18.5 Å². The number of anilines is 1. The zero-order valence-corrected chi connectivity index (χ0v) is 11.1. The smallest absolute Gasteiger partial charge is 0.320 e. The van der Waals surface area contributed by atoms with Gasteiger partial charge in [-0.1, -0.05) is 6.92 Å². The molecule has 1 aromatic rings. The van der Waals surface area contributed by atoms with E-state index in [4.69, 9.17) is 5.11 Å². The summed E-state index contributed by atoms with van der Waals surface area (Å²) in [5.74, 6) is -0.0621. The van der Waals surface area contributed by atoms with Gasteiger partial charge in [-0.3, -0.25) is 10.1 Å². The van der Waals surface area contributed by atoms with E-state index in [1.807, 2.05) is 6.92 Å². The summed E-state index contributed by atoms with van der Waals surface area (Å²) in [6, 6.07) is 1.50. The molecule has 1 aliphatic heterocycles. The van der Waals surface area contributed by atoms with Crippen LogP contribution in [0.1, 0.15) is 26.2 Å². The molecule has 2 rings (SSSR count). The first-order valence-corrected chi connectivity index (χ1v) is 6.71. The minimum absolute atomic E-state index is 0.179. The average Bonchev–Trinajstić information content (AvgIpc) is 2.45. The van der Waals surface area contributed by atoms with Gasteiger partial charge >= 0.3 is 5.97 Å². The minimum atomic E-state index is -0.782. The summed E-state index contributed by atoms with van der Waals surface area (Å²) in [4.78, 5) is 21.6. The zero-order chi connectivity index (χ0) is 13.7. The number of hydrogen-bond acceptors (Lipinski definition) is 5. The molecule has 6 nitrogen and oxygen atoms in total. The van der Waals surface area contributed by atoms with Gasteiger partial charge in [-0.15, -0.1) is 0 Å². The predicted octanol–water partition coefficient (Wildman–Crippen LogP) is 0.898. The van der Waals surface area contributed by atoms with Crippen molar-refractivity contribution >= 4 is 11.9 Å². The maximum absolute atomic E-state index is 11.1. The third kappa shape index (κ3) is 3.64. The SMILES string of the molecule is CCC(NC1CCCN(c2ncccn2)C1)C(=O)O. The van der Waals surface area contributed by atoms with Gasteiger partial charge in [0.2, 0.25) is 5.95 Å². The molecule has 6 heteroatoms. The van der Waals surface area contributed by atoms with Crippen molar-refractivity contribution in [1.29, 1.82) is 0 Å². The van der Waals surface area contributed by atoms with E-state index in [9.17, 15) is 4.79 Å². The minimum Gasteiger partial charge on any atom is -0.480 e. The van der Waals surface area contributed by atoms with E-state index < -0.39 is 12.0 Å². The number of carbonyl (C=O) groups is 1. The van der Waals surface area contributed by atoms with Crippen LogP contribution in [0.15, 0.2) is 18.5 Å². The second kappa shape index (κ2) is 6.47. The molecule has 0 saturated carbocycles. The molecular formula is C13H20N4O2. The second-order valence-corrected chi connectivity index (χ2v) is 4.80. The van der Waals surface area contributed by atoms with Crippen LogP contribution in [-0.2, 0) is 4.79 Å². The van der Waals surface area contributed by atoms with Gasteiger partial charge in [-0.25, -0.2) is 9.97 Å². The summed E-state index contributed by atoms with van der Waals surface area (Å²) in [5.41, 5.74) is 0. The lowest BCUT2D eigenvalue weighted by molar-refractivity contribution is -0.139. The highest BCUT2D eigenvalue weighted by Crippen LogP contribution is 2.15. The number of aliphatic carboxylic acids is 1. The molecule has 2 unspecified atom stereocenters. The second-order valence-electron chi connectivity index (χ2n) is 4.80. The number of aromatic nitrogens is 2. The number of piperidine rings is 1. The predicted molar refractivity (Wildman–Crippen MR) is 72.1 cm³/mol. The number of carboxylic acids is 1. The monoisotopic (exact) mass is 264 g/mol. The zero-order valence-electron chi connectivity index (χ0n) is 11.1. The summed E-state index contributed by atoms with van der Waals surface area (Å²) in [7, 11) is 0. The fraction of sp³-hybridized carbons (Fsp3) is 0.615. The maximum atomic E-state index is 11.1. The highest BCUT2D eigenvalue weighted by molar-refractivity contribution is 5.73. The molecule has 1 saturated heterocycles. The Labute approximate surface area is 112 Å². The lowest BCUT2D eigenvalue weighted by Crippen LogP contribution is -2.51. The van der Waals surface area contributed by atoms with Crippen LogP contribution in [0.4, 0.5) is 5.95 Å². The van der Waals surface area contributed by atoms with E-state index in [0.717, 1.165) is 31.9 Å². The molecule has 2 N–H and O–H groups in total. The lowest BCUT2D eigenvalue weighted by atomic mass is 10.0. The highest BCUT2D eigenvalue weighted by atomic mass is 16.4. The van der Waals surface area contributed by atoms with Gasteiger partial charge in [-0.2, -0.15) is 0 Å². The largest absolute Gasteiger partial charge is 0.480 e. The topological polar surface area (TPSA) is 78.3 Å². The molecule has 0 spiro atoms.